The minimum absolute atomic E-state index is 0.121. The van der Waals surface area contributed by atoms with Gasteiger partial charge in [0.1, 0.15) is 5.82 Å². The maximum Gasteiger partial charge on any atom is 0.142 e. The molecule has 1 aromatic heterocycles. The molecule has 1 atom stereocenters. The van der Waals surface area contributed by atoms with Crippen LogP contribution in [0, 0.1) is 5.82 Å². The number of halogens is 3. The lowest BCUT2D eigenvalue weighted by Crippen LogP contribution is -2.13. The summed E-state index contributed by atoms with van der Waals surface area (Å²) in [6, 6.07) is 8.41. The molecule has 0 saturated heterocycles. The maximum atomic E-state index is 13.3. The zero-order valence-electron chi connectivity index (χ0n) is 8.79. The molecule has 1 heterocycles. The van der Waals surface area contributed by atoms with Crippen molar-refractivity contribution in [1.29, 1.82) is 0 Å². The lowest BCUT2D eigenvalue weighted by atomic mass is 10.0. The fourth-order valence-electron chi connectivity index (χ4n) is 1.59. The predicted octanol–water partition coefficient (Wildman–Crippen LogP) is 4.55. The molecule has 0 aliphatic carbocycles. The van der Waals surface area contributed by atoms with Crippen molar-refractivity contribution >= 4 is 38.9 Å². The zero-order valence-corrected chi connectivity index (χ0v) is 11.9. The lowest BCUT2D eigenvalue weighted by Gasteiger charge is -2.12. The third kappa shape index (κ3) is 3.07. The molecule has 2 rings (SSSR count). The van der Waals surface area contributed by atoms with Gasteiger partial charge in [-0.15, -0.1) is 11.3 Å². The topological polar surface area (TPSA) is 26.0 Å². The van der Waals surface area contributed by atoms with Crippen molar-refractivity contribution in [1.82, 2.24) is 0 Å². The van der Waals surface area contributed by atoms with E-state index in [-0.39, 0.29) is 11.1 Å². The van der Waals surface area contributed by atoms with Crippen molar-refractivity contribution in [2.75, 3.05) is 0 Å². The zero-order chi connectivity index (χ0) is 12.4. The monoisotopic (exact) mass is 333 g/mol. The van der Waals surface area contributed by atoms with Gasteiger partial charge in [0.05, 0.1) is 8.81 Å². The van der Waals surface area contributed by atoms with E-state index in [0.717, 1.165) is 8.66 Å². The summed E-state index contributed by atoms with van der Waals surface area (Å²) in [5, 5.41) is 0.121. The molecule has 1 aromatic carbocycles. The molecular weight excluding hydrogens is 325 g/mol. The van der Waals surface area contributed by atoms with Crippen LogP contribution in [0.2, 0.25) is 5.02 Å². The van der Waals surface area contributed by atoms with E-state index in [2.05, 4.69) is 15.9 Å². The van der Waals surface area contributed by atoms with Crippen LogP contribution in [0.3, 0.4) is 0 Å². The second kappa shape index (κ2) is 5.48. The molecule has 0 bridgehead atoms. The molecule has 2 aromatic rings. The highest BCUT2D eigenvalue weighted by Gasteiger charge is 2.14. The van der Waals surface area contributed by atoms with E-state index in [9.17, 15) is 4.39 Å². The lowest BCUT2D eigenvalue weighted by molar-refractivity contribution is 0.619. The molecule has 5 heteroatoms. The Hall–Kier alpha value is -0.420. The highest BCUT2D eigenvalue weighted by atomic mass is 79.9. The van der Waals surface area contributed by atoms with Crippen molar-refractivity contribution in [3.8, 4) is 0 Å². The smallest absolute Gasteiger partial charge is 0.142 e. The Bertz CT molecular complexity index is 529. The van der Waals surface area contributed by atoms with Gasteiger partial charge in [0, 0.05) is 17.3 Å². The molecule has 2 N–H and O–H groups in total. The summed E-state index contributed by atoms with van der Waals surface area (Å²) in [5.41, 5.74) is 6.70. The first-order valence-electron chi connectivity index (χ1n) is 5.01. The number of hydrogen-bond acceptors (Lipinski definition) is 2. The van der Waals surface area contributed by atoms with Crippen LogP contribution < -0.4 is 5.73 Å². The molecule has 0 aliphatic heterocycles. The van der Waals surface area contributed by atoms with Gasteiger partial charge >= 0.3 is 0 Å². The van der Waals surface area contributed by atoms with Gasteiger partial charge in [-0.3, -0.25) is 0 Å². The van der Waals surface area contributed by atoms with Crippen molar-refractivity contribution in [2.45, 2.75) is 12.5 Å². The van der Waals surface area contributed by atoms with E-state index in [1.807, 2.05) is 12.1 Å². The Labute approximate surface area is 117 Å². The summed E-state index contributed by atoms with van der Waals surface area (Å²) in [7, 11) is 0. The third-order valence-corrected chi connectivity index (χ3v) is 4.48. The Balaban J connectivity index is 2.20. The van der Waals surface area contributed by atoms with Crippen molar-refractivity contribution in [3.05, 3.63) is 55.4 Å². The minimum atomic E-state index is -0.424. The highest BCUT2D eigenvalue weighted by molar-refractivity contribution is 9.11. The number of hydrogen-bond donors (Lipinski definition) is 1. The van der Waals surface area contributed by atoms with Crippen LogP contribution in [0.5, 0.6) is 0 Å². The standard InChI is InChI=1S/C12H10BrClFNS/c13-11-5-4-7(17-11)6-10(16)8-2-1-3-9(15)12(8)14/h1-5,10H,6,16H2. The molecule has 1 unspecified atom stereocenters. The van der Waals surface area contributed by atoms with Gasteiger partial charge in [-0.1, -0.05) is 23.7 Å². The van der Waals surface area contributed by atoms with Gasteiger partial charge < -0.3 is 5.73 Å². The molecule has 0 saturated carbocycles. The van der Waals surface area contributed by atoms with Crippen molar-refractivity contribution in [2.24, 2.45) is 5.73 Å². The number of nitrogens with two attached hydrogens (primary N) is 1. The average molecular weight is 335 g/mol. The molecule has 0 spiro atoms. The first kappa shape index (κ1) is 13.0. The third-order valence-electron chi connectivity index (χ3n) is 2.43. The van der Waals surface area contributed by atoms with E-state index in [1.54, 1.807) is 23.5 Å². The second-order valence-corrected chi connectivity index (χ2v) is 6.59. The number of rotatable bonds is 3. The van der Waals surface area contributed by atoms with E-state index < -0.39 is 5.82 Å². The normalized spacial score (nSPS) is 12.7. The van der Waals surface area contributed by atoms with Gasteiger partial charge in [0.2, 0.25) is 0 Å². The minimum Gasteiger partial charge on any atom is -0.324 e. The first-order valence-corrected chi connectivity index (χ1v) is 7.00. The van der Waals surface area contributed by atoms with Gasteiger partial charge in [-0.25, -0.2) is 4.39 Å². The van der Waals surface area contributed by atoms with E-state index >= 15 is 0 Å². The second-order valence-electron chi connectivity index (χ2n) is 3.66. The molecule has 0 radical (unpaired) electrons. The summed E-state index contributed by atoms with van der Waals surface area (Å²) < 4.78 is 14.4. The van der Waals surface area contributed by atoms with Crippen LogP contribution in [0.4, 0.5) is 4.39 Å². The van der Waals surface area contributed by atoms with Gasteiger partial charge in [-0.05, 0) is 39.7 Å². The van der Waals surface area contributed by atoms with Crippen LogP contribution >= 0.6 is 38.9 Å². The summed E-state index contributed by atoms with van der Waals surface area (Å²) >= 11 is 10.9. The molecular formula is C12H10BrClFNS. The molecule has 0 aliphatic rings. The first-order chi connectivity index (χ1) is 8.08. The van der Waals surface area contributed by atoms with E-state index in [0.29, 0.717) is 12.0 Å². The Morgan fingerprint density at radius 3 is 2.76 bits per heavy atom. The predicted molar refractivity (Wildman–Crippen MR) is 74.1 cm³/mol. The van der Waals surface area contributed by atoms with Gasteiger partial charge in [-0.2, -0.15) is 0 Å². The Morgan fingerprint density at radius 2 is 2.12 bits per heavy atom. The van der Waals surface area contributed by atoms with Crippen LogP contribution in [0.15, 0.2) is 34.1 Å². The fraction of sp³-hybridized carbons (Fsp3) is 0.167. The molecule has 1 nitrogen and oxygen atoms in total. The van der Waals surface area contributed by atoms with Crippen LogP contribution in [0.1, 0.15) is 16.5 Å². The average Bonchev–Trinajstić information content (AvgIpc) is 2.68. The number of thiophene rings is 1. The van der Waals surface area contributed by atoms with Crippen LogP contribution in [-0.2, 0) is 6.42 Å². The quantitative estimate of drug-likeness (QED) is 0.876. The summed E-state index contributed by atoms with van der Waals surface area (Å²) in [4.78, 5) is 1.14. The molecule has 0 fully saturated rings. The van der Waals surface area contributed by atoms with Crippen molar-refractivity contribution in [3.63, 3.8) is 0 Å². The Morgan fingerprint density at radius 1 is 1.35 bits per heavy atom. The molecule has 90 valence electrons. The molecule has 17 heavy (non-hydrogen) atoms. The largest absolute Gasteiger partial charge is 0.324 e. The summed E-state index contributed by atoms with van der Waals surface area (Å²) in [6.45, 7) is 0. The number of benzene rings is 1. The van der Waals surface area contributed by atoms with Crippen molar-refractivity contribution < 1.29 is 4.39 Å². The van der Waals surface area contributed by atoms with Gasteiger partial charge in [0.15, 0.2) is 0 Å². The summed E-state index contributed by atoms with van der Waals surface area (Å²) in [5.74, 6) is -0.424. The Kier molecular flexibility index (Phi) is 4.20. The van der Waals surface area contributed by atoms with Crippen LogP contribution in [-0.4, -0.2) is 0 Å². The SMILES string of the molecule is NC(Cc1ccc(Br)s1)c1cccc(F)c1Cl. The maximum absolute atomic E-state index is 13.3. The van der Waals surface area contributed by atoms with E-state index in [4.69, 9.17) is 17.3 Å². The van der Waals surface area contributed by atoms with Gasteiger partial charge in [0.25, 0.3) is 0 Å². The van der Waals surface area contributed by atoms with Crippen LogP contribution in [0.25, 0.3) is 0 Å². The summed E-state index contributed by atoms with van der Waals surface area (Å²) in [6.07, 6.45) is 0.652. The van der Waals surface area contributed by atoms with E-state index in [1.165, 1.54) is 6.07 Å². The highest BCUT2D eigenvalue weighted by Crippen LogP contribution is 2.29. The fourth-order valence-corrected chi connectivity index (χ4v) is 3.40. The molecule has 0 amide bonds.